The summed E-state index contributed by atoms with van der Waals surface area (Å²) in [5, 5.41) is 9.18. The summed E-state index contributed by atoms with van der Waals surface area (Å²) in [6, 6.07) is 16.4. The van der Waals surface area contributed by atoms with E-state index in [9.17, 15) is 18.3 Å². The summed E-state index contributed by atoms with van der Waals surface area (Å²) in [4.78, 5) is 15.2. The summed E-state index contributed by atoms with van der Waals surface area (Å²) in [6.45, 7) is 0.156. The van der Waals surface area contributed by atoms with E-state index in [4.69, 9.17) is 9.47 Å². The van der Waals surface area contributed by atoms with Crippen LogP contribution in [0, 0.1) is 0 Å². The van der Waals surface area contributed by atoms with Crippen LogP contribution in [-0.4, -0.2) is 37.6 Å². The normalized spacial score (nSPS) is 13.3. The Balaban J connectivity index is 1.64. The minimum absolute atomic E-state index is 0.0440. The van der Waals surface area contributed by atoms with Crippen LogP contribution in [0.5, 0.6) is 17.4 Å². The van der Waals surface area contributed by atoms with E-state index in [1.54, 1.807) is 24.3 Å². The Morgan fingerprint density at radius 3 is 2.45 bits per heavy atom. The number of carboxylic acid groups (broad SMARTS) is 1. The second-order valence-corrected chi connectivity index (χ2v) is 8.03. The van der Waals surface area contributed by atoms with Crippen LogP contribution in [0.25, 0.3) is 0 Å². The van der Waals surface area contributed by atoms with Gasteiger partial charge >= 0.3 is 5.97 Å². The van der Waals surface area contributed by atoms with Crippen molar-refractivity contribution in [3.63, 3.8) is 0 Å². The monoisotopic (exact) mass is 412 g/mol. The van der Waals surface area contributed by atoms with Gasteiger partial charge in [0, 0.05) is 6.20 Å². The van der Waals surface area contributed by atoms with Crippen molar-refractivity contribution in [2.45, 2.75) is 4.90 Å². The Morgan fingerprint density at radius 2 is 1.76 bits per heavy atom. The molecule has 0 radical (unpaired) electrons. The maximum Gasteiger partial charge on any atom is 0.337 e. The first-order valence-corrected chi connectivity index (χ1v) is 10.1. The van der Waals surface area contributed by atoms with Gasteiger partial charge in [0.25, 0.3) is 10.0 Å². The van der Waals surface area contributed by atoms with Gasteiger partial charge in [-0.15, -0.1) is 0 Å². The van der Waals surface area contributed by atoms with Crippen molar-refractivity contribution >= 4 is 21.7 Å². The lowest BCUT2D eigenvalue weighted by molar-refractivity contribution is 0.0696. The molecule has 3 aromatic rings. The number of aromatic nitrogens is 1. The summed E-state index contributed by atoms with van der Waals surface area (Å²) >= 11 is 0. The van der Waals surface area contributed by atoms with Crippen LogP contribution in [0.4, 0.5) is 5.69 Å². The fourth-order valence-electron chi connectivity index (χ4n) is 2.87. The Hall–Kier alpha value is -3.59. The zero-order valence-corrected chi connectivity index (χ0v) is 15.9. The van der Waals surface area contributed by atoms with Gasteiger partial charge in [-0.25, -0.2) is 18.2 Å². The van der Waals surface area contributed by atoms with E-state index in [0.717, 1.165) is 10.5 Å². The molecule has 1 N–H and O–H groups in total. The number of carbonyl (C=O) groups is 1. The summed E-state index contributed by atoms with van der Waals surface area (Å²) in [7, 11) is -3.94. The van der Waals surface area contributed by atoms with E-state index in [0.29, 0.717) is 11.5 Å². The maximum atomic E-state index is 13.2. The average Bonchev–Trinajstić information content (AvgIpc) is 2.74. The minimum Gasteiger partial charge on any atom is -0.478 e. The first kappa shape index (κ1) is 18.8. The molecule has 1 aliphatic heterocycles. The minimum atomic E-state index is -3.94. The molecular formula is C20H16N2O6S. The van der Waals surface area contributed by atoms with Crippen LogP contribution in [0.15, 0.2) is 71.8 Å². The number of fused-ring (bicyclic) bond motifs is 1. The third-order valence-corrected chi connectivity index (χ3v) is 6.10. The lowest BCUT2D eigenvalue weighted by atomic mass is 10.2. The smallest absolute Gasteiger partial charge is 0.337 e. The molecule has 9 heteroatoms. The molecule has 0 saturated heterocycles. The van der Waals surface area contributed by atoms with Crippen LogP contribution in [0.3, 0.4) is 0 Å². The second kappa shape index (κ2) is 7.44. The van der Waals surface area contributed by atoms with Crippen molar-refractivity contribution in [2.75, 3.05) is 17.5 Å². The van der Waals surface area contributed by atoms with E-state index >= 15 is 0 Å². The van der Waals surface area contributed by atoms with Gasteiger partial charge in [-0.05, 0) is 42.5 Å². The van der Waals surface area contributed by atoms with Crippen LogP contribution in [-0.2, 0) is 10.0 Å². The number of nitrogens with zero attached hydrogens (tertiary/aromatic N) is 2. The number of para-hydroxylation sites is 1. The summed E-state index contributed by atoms with van der Waals surface area (Å²) in [6.07, 6.45) is 1.13. The van der Waals surface area contributed by atoms with Crippen molar-refractivity contribution in [1.29, 1.82) is 0 Å². The van der Waals surface area contributed by atoms with Crippen molar-refractivity contribution in [2.24, 2.45) is 0 Å². The van der Waals surface area contributed by atoms with E-state index in [1.165, 1.54) is 18.2 Å². The fourth-order valence-corrected chi connectivity index (χ4v) is 4.31. The second-order valence-electron chi connectivity index (χ2n) is 6.17. The van der Waals surface area contributed by atoms with Gasteiger partial charge < -0.3 is 14.6 Å². The number of benzene rings is 2. The van der Waals surface area contributed by atoms with E-state index < -0.39 is 16.0 Å². The first-order valence-electron chi connectivity index (χ1n) is 8.67. The zero-order valence-electron chi connectivity index (χ0n) is 15.1. The lowest BCUT2D eigenvalue weighted by Crippen LogP contribution is -2.38. The highest BCUT2D eigenvalue weighted by Gasteiger charge is 2.31. The van der Waals surface area contributed by atoms with Gasteiger partial charge in [0.15, 0.2) is 0 Å². The highest BCUT2D eigenvalue weighted by molar-refractivity contribution is 7.92. The van der Waals surface area contributed by atoms with Gasteiger partial charge in [-0.3, -0.25) is 4.31 Å². The molecule has 0 unspecified atom stereocenters. The number of carboxylic acids is 1. The van der Waals surface area contributed by atoms with Gasteiger partial charge in [0.05, 0.1) is 17.0 Å². The number of hydrogen-bond acceptors (Lipinski definition) is 6. The Bertz CT molecular complexity index is 1150. The zero-order chi connectivity index (χ0) is 20.4. The maximum absolute atomic E-state index is 13.2. The molecular weight excluding hydrogens is 396 g/mol. The van der Waals surface area contributed by atoms with Crippen molar-refractivity contribution in [3.05, 3.63) is 72.4 Å². The van der Waals surface area contributed by atoms with E-state index in [1.807, 2.05) is 18.2 Å². The Labute approximate surface area is 167 Å². The first-order chi connectivity index (χ1) is 13.9. The number of rotatable bonds is 5. The van der Waals surface area contributed by atoms with Crippen LogP contribution in [0.2, 0.25) is 0 Å². The largest absolute Gasteiger partial charge is 0.478 e. The number of ether oxygens (including phenoxy) is 2. The number of pyridine rings is 1. The predicted octanol–water partition coefficient (Wildman–Crippen LogP) is 3.16. The highest BCUT2D eigenvalue weighted by Crippen LogP contribution is 2.34. The topological polar surface area (TPSA) is 106 Å². The van der Waals surface area contributed by atoms with Crippen molar-refractivity contribution in [1.82, 2.24) is 4.98 Å². The van der Waals surface area contributed by atoms with E-state index in [2.05, 4.69) is 4.98 Å². The molecule has 29 heavy (non-hydrogen) atoms. The molecule has 148 valence electrons. The Kier molecular flexibility index (Phi) is 4.81. The number of sulfonamides is 1. The Morgan fingerprint density at radius 1 is 1.07 bits per heavy atom. The molecule has 4 rings (SSSR count). The fraction of sp³-hybridized carbons (Fsp3) is 0.100. The van der Waals surface area contributed by atoms with Gasteiger partial charge in [0.2, 0.25) is 5.88 Å². The molecule has 0 bridgehead atoms. The summed E-state index contributed by atoms with van der Waals surface area (Å²) < 4.78 is 38.5. The lowest BCUT2D eigenvalue weighted by Gasteiger charge is -2.29. The third-order valence-electron chi connectivity index (χ3n) is 4.27. The van der Waals surface area contributed by atoms with Crippen LogP contribution in [0.1, 0.15) is 10.4 Å². The number of aromatic carboxylic acids is 1. The predicted molar refractivity (Wildman–Crippen MR) is 104 cm³/mol. The molecule has 8 nitrogen and oxygen atoms in total. The molecule has 0 saturated carbocycles. The SMILES string of the molecule is O=C(O)c1cnc2c(c1)N(S(=O)(=O)c1ccc(Oc3ccccc3)cc1)CCO2. The molecule has 0 amide bonds. The average molecular weight is 412 g/mol. The van der Waals surface area contributed by atoms with Gasteiger partial charge in [0.1, 0.15) is 23.8 Å². The standard InChI is InChI=1S/C20H16N2O6S/c23-20(24)14-12-18-19(21-13-14)27-11-10-22(18)29(25,26)17-8-6-16(7-9-17)28-15-4-2-1-3-5-15/h1-9,12-13H,10-11H2,(H,23,24). The van der Waals surface area contributed by atoms with Crippen molar-refractivity contribution < 1.29 is 27.8 Å². The van der Waals surface area contributed by atoms with Crippen LogP contribution < -0.4 is 13.8 Å². The molecule has 2 heterocycles. The molecule has 0 fully saturated rings. The van der Waals surface area contributed by atoms with Gasteiger partial charge in [-0.2, -0.15) is 0 Å². The molecule has 0 aliphatic carbocycles. The summed E-state index contributed by atoms with van der Waals surface area (Å²) in [5.41, 5.74) is -0.0261. The van der Waals surface area contributed by atoms with E-state index in [-0.39, 0.29) is 35.2 Å². The quantitative estimate of drug-likeness (QED) is 0.686. The molecule has 0 spiro atoms. The van der Waals surface area contributed by atoms with Crippen molar-refractivity contribution in [3.8, 4) is 17.4 Å². The molecule has 2 aromatic carbocycles. The van der Waals surface area contributed by atoms with Crippen LogP contribution >= 0.6 is 0 Å². The summed E-state index contributed by atoms with van der Waals surface area (Å²) in [5.74, 6) is 0.00402. The molecule has 1 aliphatic rings. The molecule has 1 aromatic heterocycles. The number of hydrogen-bond donors (Lipinski definition) is 1. The molecule has 0 atom stereocenters. The third kappa shape index (κ3) is 3.72. The highest BCUT2D eigenvalue weighted by atomic mass is 32.2. The number of anilines is 1. The van der Waals surface area contributed by atoms with Gasteiger partial charge in [-0.1, -0.05) is 18.2 Å².